The number of likely N-dealkylation sites (tertiary alicyclic amines) is 1. The van der Waals surface area contributed by atoms with Crippen molar-refractivity contribution in [2.24, 2.45) is 5.73 Å². The second-order valence-electron chi connectivity index (χ2n) is 4.09. The lowest BCUT2D eigenvalue weighted by Crippen LogP contribution is -2.66. The zero-order chi connectivity index (χ0) is 9.35. The van der Waals surface area contributed by atoms with Gasteiger partial charge in [-0.1, -0.05) is 0 Å². The largest absolute Gasteiger partial charge is 0.348 e. The van der Waals surface area contributed by atoms with Crippen molar-refractivity contribution in [3.05, 3.63) is 0 Å². The number of amides is 1. The third kappa shape index (κ3) is 2.19. The fourth-order valence-corrected chi connectivity index (χ4v) is 1.42. The van der Waals surface area contributed by atoms with Gasteiger partial charge in [-0.3, -0.25) is 9.69 Å². The minimum absolute atomic E-state index is 0.0768. The molecule has 0 unspecified atom stereocenters. The van der Waals surface area contributed by atoms with Crippen LogP contribution in [0.15, 0.2) is 0 Å². The molecule has 0 saturated carbocycles. The number of likely N-dealkylation sites (N-methyl/N-ethyl adjacent to an activating group) is 1. The van der Waals surface area contributed by atoms with E-state index in [4.69, 9.17) is 5.73 Å². The Morgan fingerprint density at radius 1 is 1.58 bits per heavy atom. The van der Waals surface area contributed by atoms with Crippen LogP contribution in [-0.4, -0.2) is 55.0 Å². The lowest BCUT2D eigenvalue weighted by Gasteiger charge is -2.45. The molecule has 1 heterocycles. The molecule has 0 spiro atoms. The summed E-state index contributed by atoms with van der Waals surface area (Å²) in [5.74, 6) is 0.144. The molecular formula is C8H17N3O. The SMILES string of the molecule is CN(C)C(=O)CN1CC(C)(N)C1. The van der Waals surface area contributed by atoms with Gasteiger partial charge in [0, 0.05) is 32.7 Å². The van der Waals surface area contributed by atoms with E-state index >= 15 is 0 Å². The lowest BCUT2D eigenvalue weighted by molar-refractivity contribution is -0.131. The zero-order valence-electron chi connectivity index (χ0n) is 8.00. The van der Waals surface area contributed by atoms with E-state index in [2.05, 4.69) is 4.90 Å². The molecule has 0 aromatic heterocycles. The predicted molar refractivity (Wildman–Crippen MR) is 47.7 cm³/mol. The highest BCUT2D eigenvalue weighted by molar-refractivity contribution is 5.77. The molecule has 2 N–H and O–H groups in total. The summed E-state index contributed by atoms with van der Waals surface area (Å²) in [6.07, 6.45) is 0. The Balaban J connectivity index is 2.23. The van der Waals surface area contributed by atoms with Gasteiger partial charge in [0.05, 0.1) is 6.54 Å². The van der Waals surface area contributed by atoms with Gasteiger partial charge in [-0.2, -0.15) is 0 Å². The molecule has 4 heteroatoms. The molecule has 1 aliphatic rings. The quantitative estimate of drug-likeness (QED) is 0.586. The van der Waals surface area contributed by atoms with Gasteiger partial charge in [0.2, 0.25) is 5.91 Å². The van der Waals surface area contributed by atoms with E-state index in [1.807, 2.05) is 6.92 Å². The summed E-state index contributed by atoms with van der Waals surface area (Å²) in [5.41, 5.74) is 5.72. The van der Waals surface area contributed by atoms with Gasteiger partial charge in [-0.15, -0.1) is 0 Å². The molecule has 0 aromatic rings. The summed E-state index contributed by atoms with van der Waals surface area (Å²) in [6.45, 7) is 4.16. The maximum Gasteiger partial charge on any atom is 0.236 e. The first-order valence-electron chi connectivity index (χ1n) is 4.12. The molecule has 0 aliphatic carbocycles. The van der Waals surface area contributed by atoms with E-state index in [1.54, 1.807) is 19.0 Å². The summed E-state index contributed by atoms with van der Waals surface area (Å²) in [5, 5.41) is 0. The van der Waals surface area contributed by atoms with Crippen LogP contribution in [0.25, 0.3) is 0 Å². The van der Waals surface area contributed by atoms with Crippen LogP contribution in [0.5, 0.6) is 0 Å². The van der Waals surface area contributed by atoms with Crippen LogP contribution < -0.4 is 5.73 Å². The second kappa shape index (κ2) is 3.03. The Labute approximate surface area is 73.3 Å². The van der Waals surface area contributed by atoms with Crippen LogP contribution in [-0.2, 0) is 4.79 Å². The fourth-order valence-electron chi connectivity index (χ4n) is 1.42. The molecular weight excluding hydrogens is 154 g/mol. The van der Waals surface area contributed by atoms with Gasteiger partial charge in [0.1, 0.15) is 0 Å². The first kappa shape index (κ1) is 9.48. The first-order valence-corrected chi connectivity index (χ1v) is 4.12. The van der Waals surface area contributed by atoms with E-state index in [0.29, 0.717) is 6.54 Å². The summed E-state index contributed by atoms with van der Waals surface area (Å²) in [4.78, 5) is 14.9. The van der Waals surface area contributed by atoms with Crippen molar-refractivity contribution < 1.29 is 4.79 Å². The highest BCUT2D eigenvalue weighted by Crippen LogP contribution is 2.16. The van der Waals surface area contributed by atoms with Gasteiger partial charge in [-0.25, -0.2) is 0 Å². The summed E-state index contributed by atoms with van der Waals surface area (Å²) >= 11 is 0. The van der Waals surface area contributed by atoms with Crippen molar-refractivity contribution in [3.63, 3.8) is 0 Å². The normalized spacial score (nSPS) is 21.7. The van der Waals surface area contributed by atoms with Crippen molar-refractivity contribution in [2.75, 3.05) is 33.7 Å². The topological polar surface area (TPSA) is 49.6 Å². The van der Waals surface area contributed by atoms with Gasteiger partial charge in [0.25, 0.3) is 0 Å². The average molecular weight is 171 g/mol. The minimum atomic E-state index is -0.0768. The van der Waals surface area contributed by atoms with Crippen LogP contribution in [0.1, 0.15) is 6.92 Å². The third-order valence-electron chi connectivity index (χ3n) is 2.03. The number of nitrogens with two attached hydrogens (primary N) is 1. The summed E-state index contributed by atoms with van der Waals surface area (Å²) < 4.78 is 0. The molecule has 1 amide bonds. The summed E-state index contributed by atoms with van der Waals surface area (Å²) in [6, 6.07) is 0. The number of rotatable bonds is 2. The summed E-state index contributed by atoms with van der Waals surface area (Å²) in [7, 11) is 3.54. The highest BCUT2D eigenvalue weighted by Gasteiger charge is 2.35. The smallest absolute Gasteiger partial charge is 0.236 e. The van der Waals surface area contributed by atoms with E-state index < -0.39 is 0 Å². The van der Waals surface area contributed by atoms with Crippen LogP contribution >= 0.6 is 0 Å². The van der Waals surface area contributed by atoms with Crippen LogP contribution in [0.3, 0.4) is 0 Å². The molecule has 1 saturated heterocycles. The Morgan fingerprint density at radius 2 is 2.08 bits per heavy atom. The first-order chi connectivity index (χ1) is 5.41. The van der Waals surface area contributed by atoms with Crippen molar-refractivity contribution in [1.29, 1.82) is 0 Å². The standard InChI is InChI=1S/C8H17N3O/c1-8(9)5-11(6-8)4-7(12)10(2)3/h4-6,9H2,1-3H3. The van der Waals surface area contributed by atoms with Crippen LogP contribution in [0, 0.1) is 0 Å². The molecule has 4 nitrogen and oxygen atoms in total. The highest BCUT2D eigenvalue weighted by atomic mass is 16.2. The van der Waals surface area contributed by atoms with E-state index in [9.17, 15) is 4.79 Å². The van der Waals surface area contributed by atoms with Gasteiger partial charge >= 0.3 is 0 Å². The number of hydrogen-bond acceptors (Lipinski definition) is 3. The number of hydrogen-bond donors (Lipinski definition) is 1. The molecule has 1 fully saturated rings. The van der Waals surface area contributed by atoms with E-state index in [-0.39, 0.29) is 11.4 Å². The predicted octanol–water partition coefficient (Wildman–Crippen LogP) is -0.892. The van der Waals surface area contributed by atoms with E-state index in [0.717, 1.165) is 13.1 Å². The molecule has 12 heavy (non-hydrogen) atoms. The molecule has 1 aliphatic heterocycles. The van der Waals surface area contributed by atoms with Crippen molar-refractivity contribution in [3.8, 4) is 0 Å². The Hall–Kier alpha value is -0.610. The minimum Gasteiger partial charge on any atom is -0.348 e. The van der Waals surface area contributed by atoms with Crippen molar-refractivity contribution >= 4 is 5.91 Å². The maximum absolute atomic E-state index is 11.2. The number of carbonyl (C=O) groups is 1. The van der Waals surface area contributed by atoms with E-state index in [1.165, 1.54) is 0 Å². The molecule has 0 aromatic carbocycles. The molecule has 0 radical (unpaired) electrons. The number of nitrogens with zero attached hydrogens (tertiary/aromatic N) is 2. The van der Waals surface area contributed by atoms with Crippen LogP contribution in [0.2, 0.25) is 0 Å². The Kier molecular flexibility index (Phi) is 2.39. The van der Waals surface area contributed by atoms with Gasteiger partial charge < -0.3 is 10.6 Å². The van der Waals surface area contributed by atoms with Gasteiger partial charge in [-0.05, 0) is 6.92 Å². The van der Waals surface area contributed by atoms with Crippen LogP contribution in [0.4, 0.5) is 0 Å². The Morgan fingerprint density at radius 3 is 2.42 bits per heavy atom. The number of carbonyl (C=O) groups excluding carboxylic acids is 1. The average Bonchev–Trinajstić information content (AvgIpc) is 1.83. The Bertz CT molecular complexity index is 181. The molecule has 70 valence electrons. The fraction of sp³-hybridized carbons (Fsp3) is 0.875. The second-order valence-corrected chi connectivity index (χ2v) is 4.09. The molecule has 1 rings (SSSR count). The monoisotopic (exact) mass is 171 g/mol. The van der Waals surface area contributed by atoms with Crippen molar-refractivity contribution in [2.45, 2.75) is 12.5 Å². The third-order valence-corrected chi connectivity index (χ3v) is 2.03. The molecule has 0 atom stereocenters. The zero-order valence-corrected chi connectivity index (χ0v) is 8.00. The lowest BCUT2D eigenvalue weighted by atomic mass is 9.94. The van der Waals surface area contributed by atoms with Gasteiger partial charge in [0.15, 0.2) is 0 Å². The van der Waals surface area contributed by atoms with Crippen molar-refractivity contribution in [1.82, 2.24) is 9.80 Å². The molecule has 0 bridgehead atoms. The maximum atomic E-state index is 11.2.